The molecule has 2 aromatic rings. The van der Waals surface area contributed by atoms with Crippen molar-refractivity contribution in [3.63, 3.8) is 0 Å². The van der Waals surface area contributed by atoms with Crippen LogP contribution in [0.1, 0.15) is 24.5 Å². The predicted molar refractivity (Wildman–Crippen MR) is 69.8 cm³/mol. The first-order valence-electron chi connectivity index (χ1n) is 6.20. The van der Waals surface area contributed by atoms with E-state index in [0.29, 0.717) is 6.10 Å². The average Bonchev–Trinajstić information content (AvgIpc) is 2.94. The highest BCUT2D eigenvalue weighted by molar-refractivity contribution is 5.63. The molecule has 17 heavy (non-hydrogen) atoms. The molecule has 0 spiro atoms. The predicted octanol–water partition coefficient (Wildman–Crippen LogP) is 4.21. The fourth-order valence-electron chi connectivity index (χ4n) is 2.36. The van der Waals surface area contributed by atoms with Gasteiger partial charge in [-0.05, 0) is 29.5 Å². The van der Waals surface area contributed by atoms with Gasteiger partial charge in [0.25, 0.3) is 0 Å². The van der Waals surface area contributed by atoms with Gasteiger partial charge in [-0.2, -0.15) is 0 Å². The van der Waals surface area contributed by atoms with Gasteiger partial charge in [-0.15, -0.1) is 0 Å². The molecular formula is C16H16O. The monoisotopic (exact) mass is 224 g/mol. The van der Waals surface area contributed by atoms with E-state index in [1.165, 1.54) is 23.1 Å². The Morgan fingerprint density at radius 1 is 0.824 bits per heavy atom. The lowest BCUT2D eigenvalue weighted by Crippen LogP contribution is -1.94. The van der Waals surface area contributed by atoms with Gasteiger partial charge in [-0.1, -0.05) is 54.6 Å². The summed E-state index contributed by atoms with van der Waals surface area (Å²) >= 11 is 0. The van der Waals surface area contributed by atoms with E-state index in [1.54, 1.807) is 0 Å². The highest BCUT2D eigenvalue weighted by Gasteiger charge is 2.17. The standard InChI is InChI=1S/C16H16O/c1-2-5-13(6-3-1)14-8-10-15(11-9-14)16-7-4-12-17-16/h1-3,5-6,8-11,16H,4,7,12H2. The topological polar surface area (TPSA) is 9.23 Å². The molecule has 0 aromatic heterocycles. The molecule has 1 heterocycles. The maximum absolute atomic E-state index is 5.68. The molecule has 1 atom stereocenters. The Balaban J connectivity index is 1.85. The van der Waals surface area contributed by atoms with Crippen LogP contribution in [-0.4, -0.2) is 6.61 Å². The lowest BCUT2D eigenvalue weighted by molar-refractivity contribution is 0.112. The number of rotatable bonds is 2. The van der Waals surface area contributed by atoms with E-state index in [4.69, 9.17) is 4.74 Å². The second-order valence-corrected chi connectivity index (χ2v) is 4.49. The number of ether oxygens (including phenoxy) is 1. The van der Waals surface area contributed by atoms with E-state index in [1.807, 2.05) is 6.07 Å². The molecule has 2 aromatic carbocycles. The fourth-order valence-corrected chi connectivity index (χ4v) is 2.36. The van der Waals surface area contributed by atoms with Gasteiger partial charge in [0.15, 0.2) is 0 Å². The van der Waals surface area contributed by atoms with Crippen molar-refractivity contribution in [2.24, 2.45) is 0 Å². The van der Waals surface area contributed by atoms with E-state index in [-0.39, 0.29) is 0 Å². The van der Waals surface area contributed by atoms with Crippen LogP contribution < -0.4 is 0 Å². The Morgan fingerprint density at radius 3 is 2.18 bits per heavy atom. The second-order valence-electron chi connectivity index (χ2n) is 4.49. The molecule has 0 N–H and O–H groups in total. The summed E-state index contributed by atoms with van der Waals surface area (Å²) in [6.07, 6.45) is 2.66. The third-order valence-corrected chi connectivity index (χ3v) is 3.32. The van der Waals surface area contributed by atoms with Crippen LogP contribution in [0.3, 0.4) is 0 Å². The molecule has 0 bridgehead atoms. The minimum atomic E-state index is 0.319. The molecule has 1 aliphatic rings. The van der Waals surface area contributed by atoms with Crippen LogP contribution in [0.15, 0.2) is 54.6 Å². The number of hydrogen-bond donors (Lipinski definition) is 0. The first-order chi connectivity index (χ1) is 8.43. The van der Waals surface area contributed by atoms with Crippen molar-refractivity contribution < 1.29 is 4.74 Å². The van der Waals surface area contributed by atoms with Crippen molar-refractivity contribution in [1.29, 1.82) is 0 Å². The molecule has 1 saturated heterocycles. The lowest BCUT2D eigenvalue weighted by Gasteiger charge is -2.10. The summed E-state index contributed by atoms with van der Waals surface area (Å²) in [6.45, 7) is 0.908. The van der Waals surface area contributed by atoms with Crippen molar-refractivity contribution in [3.05, 3.63) is 60.2 Å². The fraction of sp³-hybridized carbons (Fsp3) is 0.250. The first-order valence-corrected chi connectivity index (χ1v) is 6.20. The second kappa shape index (κ2) is 4.72. The number of hydrogen-bond acceptors (Lipinski definition) is 1. The maximum Gasteiger partial charge on any atom is 0.0825 e. The van der Waals surface area contributed by atoms with E-state index < -0.39 is 0 Å². The normalized spacial score (nSPS) is 19.4. The van der Waals surface area contributed by atoms with Crippen molar-refractivity contribution in [3.8, 4) is 11.1 Å². The molecule has 1 heteroatoms. The Kier molecular flexibility index (Phi) is 2.93. The maximum atomic E-state index is 5.68. The van der Waals surface area contributed by atoms with Gasteiger partial charge >= 0.3 is 0 Å². The molecule has 1 nitrogen and oxygen atoms in total. The minimum Gasteiger partial charge on any atom is -0.374 e. The van der Waals surface area contributed by atoms with Crippen molar-refractivity contribution >= 4 is 0 Å². The summed E-state index contributed by atoms with van der Waals surface area (Å²) in [5.74, 6) is 0. The SMILES string of the molecule is c1ccc(-c2ccc(C3CCCO3)cc2)cc1. The summed E-state index contributed by atoms with van der Waals surface area (Å²) in [5, 5.41) is 0. The van der Waals surface area contributed by atoms with Crippen LogP contribution in [0.25, 0.3) is 11.1 Å². The molecule has 0 radical (unpaired) electrons. The van der Waals surface area contributed by atoms with E-state index in [9.17, 15) is 0 Å². The Morgan fingerprint density at radius 2 is 1.53 bits per heavy atom. The van der Waals surface area contributed by atoms with Crippen LogP contribution in [0.2, 0.25) is 0 Å². The van der Waals surface area contributed by atoms with Gasteiger partial charge in [0, 0.05) is 6.61 Å². The third-order valence-electron chi connectivity index (χ3n) is 3.32. The summed E-state index contributed by atoms with van der Waals surface area (Å²) in [7, 11) is 0. The molecule has 0 amide bonds. The third kappa shape index (κ3) is 2.25. The summed E-state index contributed by atoms with van der Waals surface area (Å²) in [4.78, 5) is 0. The Bertz CT molecular complexity index is 467. The first kappa shape index (κ1) is 10.5. The van der Waals surface area contributed by atoms with Crippen LogP contribution in [-0.2, 0) is 4.74 Å². The van der Waals surface area contributed by atoms with Crippen LogP contribution >= 0.6 is 0 Å². The summed E-state index contributed by atoms with van der Waals surface area (Å²) < 4.78 is 5.68. The molecular weight excluding hydrogens is 208 g/mol. The summed E-state index contributed by atoms with van der Waals surface area (Å²) in [5.41, 5.74) is 3.85. The smallest absolute Gasteiger partial charge is 0.0825 e. The van der Waals surface area contributed by atoms with Gasteiger partial charge < -0.3 is 4.74 Å². The molecule has 1 fully saturated rings. The number of benzene rings is 2. The molecule has 0 saturated carbocycles. The van der Waals surface area contributed by atoms with Gasteiger partial charge in [0.1, 0.15) is 0 Å². The summed E-state index contributed by atoms with van der Waals surface area (Å²) in [6, 6.07) is 19.2. The van der Waals surface area contributed by atoms with Gasteiger partial charge in [-0.3, -0.25) is 0 Å². The molecule has 86 valence electrons. The van der Waals surface area contributed by atoms with Crippen LogP contribution in [0.5, 0.6) is 0 Å². The van der Waals surface area contributed by atoms with Crippen molar-refractivity contribution in [2.75, 3.05) is 6.61 Å². The molecule has 1 unspecified atom stereocenters. The minimum absolute atomic E-state index is 0.319. The van der Waals surface area contributed by atoms with Crippen molar-refractivity contribution in [2.45, 2.75) is 18.9 Å². The van der Waals surface area contributed by atoms with Crippen LogP contribution in [0.4, 0.5) is 0 Å². The van der Waals surface area contributed by atoms with Gasteiger partial charge in [-0.25, -0.2) is 0 Å². The molecule has 3 rings (SSSR count). The van der Waals surface area contributed by atoms with Crippen molar-refractivity contribution in [1.82, 2.24) is 0 Å². The largest absolute Gasteiger partial charge is 0.374 e. The van der Waals surface area contributed by atoms with E-state index in [2.05, 4.69) is 48.5 Å². The Labute approximate surface area is 102 Å². The van der Waals surface area contributed by atoms with Gasteiger partial charge in [0.05, 0.1) is 6.10 Å². The zero-order valence-corrected chi connectivity index (χ0v) is 9.80. The van der Waals surface area contributed by atoms with E-state index in [0.717, 1.165) is 13.0 Å². The van der Waals surface area contributed by atoms with Gasteiger partial charge in [0.2, 0.25) is 0 Å². The van der Waals surface area contributed by atoms with Crippen LogP contribution in [0, 0.1) is 0 Å². The quantitative estimate of drug-likeness (QED) is 0.742. The highest BCUT2D eigenvalue weighted by Crippen LogP contribution is 2.29. The average molecular weight is 224 g/mol. The molecule has 1 aliphatic heterocycles. The molecule has 0 aliphatic carbocycles. The zero-order valence-electron chi connectivity index (χ0n) is 9.80. The Hall–Kier alpha value is -1.60. The van der Waals surface area contributed by atoms with E-state index >= 15 is 0 Å². The highest BCUT2D eigenvalue weighted by atomic mass is 16.5. The lowest BCUT2D eigenvalue weighted by atomic mass is 10.0. The zero-order chi connectivity index (χ0) is 11.5.